The molecule has 1 saturated heterocycles. The lowest BCUT2D eigenvalue weighted by atomic mass is 9.73. The Morgan fingerprint density at radius 2 is 1.60 bits per heavy atom. The molecule has 0 aliphatic carbocycles. The third kappa shape index (κ3) is 3.89. The van der Waals surface area contributed by atoms with Crippen LogP contribution in [-0.2, 0) is 5.60 Å². The molecule has 0 radical (unpaired) electrons. The summed E-state index contributed by atoms with van der Waals surface area (Å²) in [6.07, 6.45) is 0.368. The second kappa shape index (κ2) is 7.60. The Morgan fingerprint density at radius 1 is 1.08 bits per heavy atom. The molecule has 1 fully saturated rings. The fourth-order valence-electron chi connectivity index (χ4n) is 3.29. The first-order valence-electron chi connectivity index (χ1n) is 7.87. The van der Waals surface area contributed by atoms with Gasteiger partial charge in [-0.2, -0.15) is 0 Å². The van der Waals surface area contributed by atoms with E-state index in [4.69, 9.17) is 0 Å². The summed E-state index contributed by atoms with van der Waals surface area (Å²) in [4.78, 5) is 14.9. The molecule has 2 atom stereocenters. The van der Waals surface area contributed by atoms with Crippen molar-refractivity contribution in [3.8, 4) is 0 Å². The number of carbonyl (C=O) groups excluding carboxylic acids is 1. The molecule has 0 aromatic heterocycles. The average Bonchev–Trinajstić information content (AvgIpc) is 2.58. The first kappa shape index (κ1) is 19.5. The topological polar surface area (TPSA) is 40.5 Å². The van der Waals surface area contributed by atoms with Gasteiger partial charge in [-0.15, -0.1) is 12.4 Å². The quantitative estimate of drug-likeness (QED) is 0.845. The van der Waals surface area contributed by atoms with Crippen molar-refractivity contribution in [1.29, 1.82) is 0 Å². The van der Waals surface area contributed by atoms with Crippen LogP contribution >= 0.6 is 12.4 Å². The molecule has 2 aromatic carbocycles. The van der Waals surface area contributed by atoms with E-state index in [1.807, 2.05) is 11.9 Å². The third-order valence-corrected chi connectivity index (χ3v) is 4.73. The number of likely N-dealkylation sites (tertiary alicyclic amines) is 1. The Hall–Kier alpha value is -1.82. The Labute approximate surface area is 151 Å². The van der Waals surface area contributed by atoms with Crippen LogP contribution in [0, 0.1) is 17.6 Å². The lowest BCUT2D eigenvalue weighted by Crippen LogP contribution is -2.52. The Balaban J connectivity index is 0.00000225. The largest absolute Gasteiger partial charge is 0.384 e. The molecule has 0 amide bonds. The molecule has 2 aromatic rings. The zero-order valence-electron chi connectivity index (χ0n) is 13.8. The number of hydrogen-bond donors (Lipinski definition) is 1. The molecular formula is C19H20ClF2NO2. The molecule has 6 heteroatoms. The lowest BCUT2D eigenvalue weighted by Gasteiger charge is -2.43. The van der Waals surface area contributed by atoms with Gasteiger partial charge >= 0.3 is 0 Å². The van der Waals surface area contributed by atoms with Crippen LogP contribution in [0.25, 0.3) is 0 Å². The van der Waals surface area contributed by atoms with Crippen molar-refractivity contribution in [3.05, 3.63) is 71.3 Å². The van der Waals surface area contributed by atoms with E-state index in [2.05, 4.69) is 0 Å². The fraction of sp³-hybridized carbons (Fsp3) is 0.316. The molecule has 0 bridgehead atoms. The summed E-state index contributed by atoms with van der Waals surface area (Å²) >= 11 is 0. The highest BCUT2D eigenvalue weighted by Gasteiger charge is 2.46. The van der Waals surface area contributed by atoms with Crippen molar-refractivity contribution in [1.82, 2.24) is 4.90 Å². The number of benzene rings is 2. The van der Waals surface area contributed by atoms with E-state index in [1.165, 1.54) is 48.5 Å². The zero-order valence-corrected chi connectivity index (χ0v) is 14.6. The van der Waals surface area contributed by atoms with Crippen molar-refractivity contribution in [2.45, 2.75) is 12.0 Å². The van der Waals surface area contributed by atoms with Crippen molar-refractivity contribution >= 4 is 18.2 Å². The Kier molecular flexibility index (Phi) is 5.93. The molecule has 1 heterocycles. The molecule has 1 N–H and O–H groups in total. The van der Waals surface area contributed by atoms with Gasteiger partial charge in [0.05, 0.1) is 5.92 Å². The highest BCUT2D eigenvalue weighted by Crippen LogP contribution is 2.39. The molecule has 3 rings (SSSR count). The summed E-state index contributed by atoms with van der Waals surface area (Å²) in [5.74, 6) is -1.75. The van der Waals surface area contributed by atoms with E-state index >= 15 is 0 Å². The van der Waals surface area contributed by atoms with E-state index in [0.717, 1.165) is 0 Å². The van der Waals surface area contributed by atoms with Gasteiger partial charge in [0.1, 0.15) is 17.2 Å². The maximum Gasteiger partial charge on any atom is 0.170 e. The summed E-state index contributed by atoms with van der Waals surface area (Å²) in [6, 6.07) is 10.9. The molecule has 3 nitrogen and oxygen atoms in total. The molecule has 1 aliphatic rings. The normalized spacial score (nSPS) is 23.8. The number of nitrogens with zero attached hydrogens (tertiary/aromatic N) is 1. The summed E-state index contributed by atoms with van der Waals surface area (Å²) in [7, 11) is 1.88. The van der Waals surface area contributed by atoms with Crippen LogP contribution in [-0.4, -0.2) is 35.9 Å². The van der Waals surface area contributed by atoms with Gasteiger partial charge in [-0.25, -0.2) is 8.78 Å². The van der Waals surface area contributed by atoms with Gasteiger partial charge in [-0.3, -0.25) is 4.79 Å². The second-order valence-corrected chi connectivity index (χ2v) is 6.37. The van der Waals surface area contributed by atoms with Crippen molar-refractivity contribution in [2.24, 2.45) is 5.92 Å². The van der Waals surface area contributed by atoms with Crippen molar-refractivity contribution in [3.63, 3.8) is 0 Å². The van der Waals surface area contributed by atoms with Gasteiger partial charge < -0.3 is 10.0 Å². The maximum atomic E-state index is 13.2. The zero-order chi connectivity index (χ0) is 17.3. The smallest absolute Gasteiger partial charge is 0.170 e. The van der Waals surface area contributed by atoms with Crippen molar-refractivity contribution < 1.29 is 18.7 Å². The molecule has 0 saturated carbocycles. The number of hydrogen-bond acceptors (Lipinski definition) is 3. The molecule has 2 unspecified atom stereocenters. The van der Waals surface area contributed by atoms with Crippen LogP contribution in [0.2, 0.25) is 0 Å². The van der Waals surface area contributed by atoms with Crippen LogP contribution in [0.3, 0.4) is 0 Å². The van der Waals surface area contributed by atoms with Gasteiger partial charge in [0.2, 0.25) is 0 Å². The summed E-state index contributed by atoms with van der Waals surface area (Å²) in [5.41, 5.74) is -0.485. The molecule has 0 spiro atoms. The number of Topliss-reactive ketones (excluding diaryl/α,β-unsaturated/α-hetero) is 1. The van der Waals surface area contributed by atoms with E-state index in [9.17, 15) is 18.7 Å². The molecular weight excluding hydrogens is 348 g/mol. The lowest BCUT2D eigenvalue weighted by molar-refractivity contribution is -0.0594. The minimum atomic E-state index is -1.37. The van der Waals surface area contributed by atoms with Crippen LogP contribution in [0.4, 0.5) is 8.78 Å². The first-order valence-corrected chi connectivity index (χ1v) is 7.87. The molecule has 1 aliphatic heterocycles. The minimum Gasteiger partial charge on any atom is -0.384 e. The summed E-state index contributed by atoms with van der Waals surface area (Å²) in [6.45, 7) is 1.01. The first-order chi connectivity index (χ1) is 11.4. The van der Waals surface area contributed by atoms with Gasteiger partial charge in [-0.05, 0) is 55.4 Å². The fourth-order valence-corrected chi connectivity index (χ4v) is 3.29. The maximum absolute atomic E-state index is 13.2. The second-order valence-electron chi connectivity index (χ2n) is 6.37. The van der Waals surface area contributed by atoms with Crippen LogP contribution in [0.5, 0.6) is 0 Å². The molecule has 134 valence electrons. The van der Waals surface area contributed by atoms with E-state index in [-0.39, 0.29) is 18.2 Å². The van der Waals surface area contributed by atoms with Gasteiger partial charge in [0, 0.05) is 18.7 Å². The SMILES string of the molecule is CN1CCC(O)(c2ccc(F)cc2)C(C(=O)c2ccc(F)cc2)C1.Cl. The van der Waals surface area contributed by atoms with Gasteiger partial charge in [0.15, 0.2) is 5.78 Å². The Morgan fingerprint density at radius 3 is 2.16 bits per heavy atom. The number of ketones is 1. The van der Waals surface area contributed by atoms with Crippen LogP contribution < -0.4 is 0 Å². The number of carbonyl (C=O) groups is 1. The Bertz CT molecular complexity index is 736. The summed E-state index contributed by atoms with van der Waals surface area (Å²) < 4.78 is 26.3. The highest BCUT2D eigenvalue weighted by molar-refractivity contribution is 5.99. The monoisotopic (exact) mass is 367 g/mol. The standard InChI is InChI=1S/C19H19F2NO2.ClH/c1-22-11-10-19(24,14-4-8-16(21)9-5-14)17(12-22)18(23)13-2-6-15(20)7-3-13;/h2-9,17,24H,10-12H2,1H3;1H. The number of aliphatic hydroxyl groups is 1. The molecule has 25 heavy (non-hydrogen) atoms. The average molecular weight is 368 g/mol. The predicted molar refractivity (Wildman–Crippen MR) is 93.9 cm³/mol. The van der Waals surface area contributed by atoms with E-state index in [0.29, 0.717) is 30.6 Å². The third-order valence-electron chi connectivity index (χ3n) is 4.73. The van der Waals surface area contributed by atoms with E-state index in [1.54, 1.807) is 0 Å². The summed E-state index contributed by atoms with van der Waals surface area (Å²) in [5, 5.41) is 11.3. The number of halogens is 3. The van der Waals surface area contributed by atoms with E-state index < -0.39 is 23.2 Å². The number of piperidine rings is 1. The van der Waals surface area contributed by atoms with Crippen LogP contribution in [0.15, 0.2) is 48.5 Å². The van der Waals surface area contributed by atoms with Gasteiger partial charge in [0.25, 0.3) is 0 Å². The van der Waals surface area contributed by atoms with Crippen LogP contribution in [0.1, 0.15) is 22.3 Å². The highest BCUT2D eigenvalue weighted by atomic mass is 35.5. The van der Waals surface area contributed by atoms with Crippen molar-refractivity contribution in [2.75, 3.05) is 20.1 Å². The minimum absolute atomic E-state index is 0. The number of rotatable bonds is 3. The predicted octanol–water partition coefficient (Wildman–Crippen LogP) is 3.41. The van der Waals surface area contributed by atoms with Gasteiger partial charge in [-0.1, -0.05) is 12.1 Å².